The van der Waals surface area contributed by atoms with E-state index in [4.69, 9.17) is 0 Å². The number of aromatic nitrogens is 2. The average Bonchev–Trinajstić information content (AvgIpc) is 2.98. The van der Waals surface area contributed by atoms with E-state index in [1.165, 1.54) is 32.2 Å². The van der Waals surface area contributed by atoms with Crippen LogP contribution in [0.2, 0.25) is 0 Å². The second kappa shape index (κ2) is 4.84. The summed E-state index contributed by atoms with van der Waals surface area (Å²) < 4.78 is 0. The van der Waals surface area contributed by atoms with E-state index in [0.717, 1.165) is 23.9 Å². The Morgan fingerprint density at radius 1 is 1.17 bits per heavy atom. The van der Waals surface area contributed by atoms with Crippen LogP contribution in [0.1, 0.15) is 37.1 Å². The summed E-state index contributed by atoms with van der Waals surface area (Å²) in [4.78, 5) is 11.7. The second-order valence-corrected chi connectivity index (χ2v) is 5.56. The van der Waals surface area contributed by atoms with Gasteiger partial charge >= 0.3 is 0 Å². The van der Waals surface area contributed by atoms with Crippen molar-refractivity contribution in [3.63, 3.8) is 0 Å². The molecule has 2 saturated heterocycles. The van der Waals surface area contributed by atoms with Gasteiger partial charge in [-0.15, -0.1) is 0 Å². The van der Waals surface area contributed by atoms with Crippen molar-refractivity contribution in [3.8, 4) is 0 Å². The molecule has 98 valence electrons. The highest BCUT2D eigenvalue weighted by Gasteiger charge is 2.34. The molecule has 18 heavy (non-hydrogen) atoms. The Balaban J connectivity index is 1.85. The molecule has 0 aromatic carbocycles. The van der Waals surface area contributed by atoms with Gasteiger partial charge in [0.15, 0.2) is 0 Å². The van der Waals surface area contributed by atoms with Gasteiger partial charge in [-0.1, -0.05) is 0 Å². The molecule has 2 atom stereocenters. The van der Waals surface area contributed by atoms with Crippen molar-refractivity contribution in [2.75, 3.05) is 18.0 Å². The van der Waals surface area contributed by atoms with Crippen molar-refractivity contribution in [1.82, 2.24) is 15.3 Å². The topological polar surface area (TPSA) is 41.1 Å². The summed E-state index contributed by atoms with van der Waals surface area (Å²) in [6.45, 7) is 6.38. The maximum absolute atomic E-state index is 4.62. The van der Waals surface area contributed by atoms with E-state index in [1.54, 1.807) is 0 Å². The van der Waals surface area contributed by atoms with E-state index in [0.29, 0.717) is 12.1 Å². The van der Waals surface area contributed by atoms with Crippen LogP contribution in [0.3, 0.4) is 0 Å². The lowest BCUT2D eigenvalue weighted by Crippen LogP contribution is -2.44. The molecule has 2 fully saturated rings. The zero-order chi connectivity index (χ0) is 12.5. The number of aryl methyl sites for hydroxylation is 2. The van der Waals surface area contributed by atoms with Crippen LogP contribution in [0.5, 0.6) is 0 Å². The van der Waals surface area contributed by atoms with E-state index < -0.39 is 0 Å². The SMILES string of the molecule is Cc1cc(C)nc(N2CCCC2C2CCCN2)n1. The zero-order valence-electron chi connectivity index (χ0n) is 11.3. The molecule has 1 aromatic rings. The minimum atomic E-state index is 0.591. The van der Waals surface area contributed by atoms with E-state index in [9.17, 15) is 0 Å². The molecule has 2 aliphatic heterocycles. The normalized spacial score (nSPS) is 28.0. The Bertz CT molecular complexity index is 406. The van der Waals surface area contributed by atoms with Crippen LogP contribution in [0.15, 0.2) is 6.07 Å². The van der Waals surface area contributed by atoms with Crippen LogP contribution in [-0.2, 0) is 0 Å². The lowest BCUT2D eigenvalue weighted by atomic mass is 10.0. The number of nitrogens with zero attached hydrogens (tertiary/aromatic N) is 3. The van der Waals surface area contributed by atoms with Crippen LogP contribution in [0, 0.1) is 13.8 Å². The third-order valence-corrected chi connectivity index (χ3v) is 4.09. The van der Waals surface area contributed by atoms with E-state index in [1.807, 2.05) is 6.07 Å². The molecule has 4 heteroatoms. The maximum Gasteiger partial charge on any atom is 0.226 e. The molecule has 1 aromatic heterocycles. The van der Waals surface area contributed by atoms with Crippen molar-refractivity contribution in [1.29, 1.82) is 0 Å². The molecule has 2 aliphatic rings. The minimum Gasteiger partial charge on any atom is -0.336 e. The average molecular weight is 246 g/mol. The standard InChI is InChI=1S/C14H22N4/c1-10-9-11(2)17-14(16-10)18-8-4-6-13(18)12-5-3-7-15-12/h9,12-13,15H,3-8H2,1-2H3. The van der Waals surface area contributed by atoms with Crippen LogP contribution in [0.4, 0.5) is 5.95 Å². The Labute approximate surface area is 109 Å². The first-order valence-corrected chi connectivity index (χ1v) is 7.06. The van der Waals surface area contributed by atoms with Gasteiger partial charge in [0.2, 0.25) is 5.95 Å². The summed E-state index contributed by atoms with van der Waals surface area (Å²) >= 11 is 0. The molecule has 0 saturated carbocycles. The molecule has 0 aliphatic carbocycles. The summed E-state index contributed by atoms with van der Waals surface area (Å²) in [5.41, 5.74) is 2.14. The van der Waals surface area contributed by atoms with Gasteiger partial charge < -0.3 is 10.2 Å². The van der Waals surface area contributed by atoms with Gasteiger partial charge in [0.1, 0.15) is 0 Å². The van der Waals surface area contributed by atoms with Crippen molar-refractivity contribution >= 4 is 5.95 Å². The van der Waals surface area contributed by atoms with Crippen molar-refractivity contribution in [2.24, 2.45) is 0 Å². The maximum atomic E-state index is 4.62. The molecule has 0 radical (unpaired) electrons. The van der Waals surface area contributed by atoms with Crippen LogP contribution in [0.25, 0.3) is 0 Å². The Kier molecular flexibility index (Phi) is 3.20. The minimum absolute atomic E-state index is 0.591. The summed E-state index contributed by atoms with van der Waals surface area (Å²) in [5.74, 6) is 0.934. The Morgan fingerprint density at radius 2 is 1.94 bits per heavy atom. The van der Waals surface area contributed by atoms with E-state index in [2.05, 4.69) is 34.0 Å². The lowest BCUT2D eigenvalue weighted by Gasteiger charge is -2.29. The largest absolute Gasteiger partial charge is 0.336 e. The van der Waals surface area contributed by atoms with Crippen LogP contribution in [-0.4, -0.2) is 35.1 Å². The molecule has 3 heterocycles. The van der Waals surface area contributed by atoms with Gasteiger partial charge in [-0.3, -0.25) is 0 Å². The highest BCUT2D eigenvalue weighted by atomic mass is 15.3. The number of anilines is 1. The summed E-state index contributed by atoms with van der Waals surface area (Å²) in [6.07, 6.45) is 5.14. The predicted octanol–water partition coefficient (Wildman–Crippen LogP) is 1.81. The van der Waals surface area contributed by atoms with E-state index in [-0.39, 0.29) is 0 Å². The molecule has 4 nitrogen and oxygen atoms in total. The quantitative estimate of drug-likeness (QED) is 0.864. The lowest BCUT2D eigenvalue weighted by molar-refractivity contribution is 0.478. The van der Waals surface area contributed by atoms with Gasteiger partial charge in [0.25, 0.3) is 0 Å². The summed E-state index contributed by atoms with van der Waals surface area (Å²) in [5, 5.41) is 3.63. The molecule has 2 unspecified atom stereocenters. The van der Waals surface area contributed by atoms with Crippen LogP contribution >= 0.6 is 0 Å². The number of nitrogens with one attached hydrogen (secondary N) is 1. The van der Waals surface area contributed by atoms with Gasteiger partial charge in [0, 0.05) is 30.0 Å². The molecule has 0 amide bonds. The summed E-state index contributed by atoms with van der Waals surface area (Å²) in [6, 6.07) is 3.27. The molecular formula is C14H22N4. The molecule has 1 N–H and O–H groups in total. The number of rotatable bonds is 2. The predicted molar refractivity (Wildman–Crippen MR) is 72.9 cm³/mol. The van der Waals surface area contributed by atoms with Crippen LogP contribution < -0.4 is 10.2 Å². The number of hydrogen-bond acceptors (Lipinski definition) is 4. The Morgan fingerprint density at radius 3 is 2.61 bits per heavy atom. The first-order chi connectivity index (χ1) is 8.74. The van der Waals surface area contributed by atoms with Gasteiger partial charge in [-0.25, -0.2) is 9.97 Å². The van der Waals surface area contributed by atoms with Gasteiger partial charge in [-0.2, -0.15) is 0 Å². The fourth-order valence-electron chi connectivity index (χ4n) is 3.33. The zero-order valence-corrected chi connectivity index (χ0v) is 11.3. The summed E-state index contributed by atoms with van der Waals surface area (Å²) in [7, 11) is 0. The smallest absolute Gasteiger partial charge is 0.226 e. The first kappa shape index (κ1) is 11.9. The third kappa shape index (κ3) is 2.21. The van der Waals surface area contributed by atoms with Crippen molar-refractivity contribution in [3.05, 3.63) is 17.5 Å². The van der Waals surface area contributed by atoms with Crippen molar-refractivity contribution < 1.29 is 0 Å². The Hall–Kier alpha value is -1.16. The third-order valence-electron chi connectivity index (χ3n) is 4.09. The van der Waals surface area contributed by atoms with Crippen molar-refractivity contribution in [2.45, 2.75) is 51.6 Å². The van der Waals surface area contributed by atoms with E-state index >= 15 is 0 Å². The molecule has 0 bridgehead atoms. The monoisotopic (exact) mass is 246 g/mol. The molecular weight excluding hydrogens is 224 g/mol. The first-order valence-electron chi connectivity index (χ1n) is 7.06. The van der Waals surface area contributed by atoms with Gasteiger partial charge in [0.05, 0.1) is 0 Å². The highest BCUT2D eigenvalue weighted by Crippen LogP contribution is 2.28. The van der Waals surface area contributed by atoms with Gasteiger partial charge in [-0.05, 0) is 52.1 Å². The highest BCUT2D eigenvalue weighted by molar-refractivity contribution is 5.36. The fraction of sp³-hybridized carbons (Fsp3) is 0.714. The fourth-order valence-corrected chi connectivity index (χ4v) is 3.33. The molecule has 0 spiro atoms. The second-order valence-electron chi connectivity index (χ2n) is 5.56. The number of hydrogen-bond donors (Lipinski definition) is 1. The molecule has 3 rings (SSSR count).